The molecule has 0 radical (unpaired) electrons. The summed E-state index contributed by atoms with van der Waals surface area (Å²) in [6.07, 6.45) is 2.77. The molecule has 0 heterocycles. The van der Waals surface area contributed by atoms with Crippen molar-refractivity contribution >= 4 is 23.5 Å². The van der Waals surface area contributed by atoms with Gasteiger partial charge in [0.15, 0.2) is 23.0 Å². The van der Waals surface area contributed by atoms with Crippen LogP contribution in [0.1, 0.15) is 11.1 Å². The Hall–Kier alpha value is -3.82. The van der Waals surface area contributed by atoms with Crippen LogP contribution in [0.5, 0.6) is 23.0 Å². The summed E-state index contributed by atoms with van der Waals surface area (Å²) in [5, 5.41) is 22.8. The third kappa shape index (κ3) is 4.11. The maximum Gasteiger partial charge on any atom is 0.280 e. The van der Waals surface area contributed by atoms with E-state index in [2.05, 4.69) is 0 Å². The van der Waals surface area contributed by atoms with Crippen molar-refractivity contribution in [3.05, 3.63) is 55.6 Å². The Labute approximate surface area is 160 Å². The van der Waals surface area contributed by atoms with Crippen molar-refractivity contribution < 1.29 is 28.8 Å². The first-order valence-corrected chi connectivity index (χ1v) is 7.85. The first-order valence-electron chi connectivity index (χ1n) is 7.85. The molecule has 0 atom stereocenters. The van der Waals surface area contributed by atoms with Gasteiger partial charge in [-0.3, -0.25) is 20.2 Å². The highest BCUT2D eigenvalue weighted by Crippen LogP contribution is 2.38. The highest BCUT2D eigenvalue weighted by atomic mass is 16.6. The van der Waals surface area contributed by atoms with Gasteiger partial charge in [-0.25, -0.2) is 0 Å². The lowest BCUT2D eigenvalue weighted by Gasteiger charge is -2.10. The van der Waals surface area contributed by atoms with Crippen LogP contribution in [-0.2, 0) is 0 Å². The van der Waals surface area contributed by atoms with Crippen molar-refractivity contribution in [3.8, 4) is 23.0 Å². The summed E-state index contributed by atoms with van der Waals surface area (Å²) in [5.41, 5.74) is -0.104. The van der Waals surface area contributed by atoms with Gasteiger partial charge in [-0.05, 0) is 24.3 Å². The lowest BCUT2D eigenvalue weighted by atomic mass is 10.1. The minimum atomic E-state index is -0.579. The lowest BCUT2D eigenvalue weighted by molar-refractivity contribution is -0.385. The van der Waals surface area contributed by atoms with Crippen molar-refractivity contribution in [2.45, 2.75) is 0 Å². The second-order valence-corrected chi connectivity index (χ2v) is 5.38. The van der Waals surface area contributed by atoms with Crippen LogP contribution < -0.4 is 18.9 Å². The molecule has 0 amide bonds. The number of rotatable bonds is 8. The largest absolute Gasteiger partial charge is 0.493 e. The van der Waals surface area contributed by atoms with Gasteiger partial charge in [0.2, 0.25) is 0 Å². The van der Waals surface area contributed by atoms with Crippen molar-refractivity contribution in [2.75, 3.05) is 28.4 Å². The average molecular weight is 390 g/mol. The number of hydrogen-bond acceptors (Lipinski definition) is 8. The Balaban J connectivity index is 2.62. The van der Waals surface area contributed by atoms with Crippen LogP contribution in [0.2, 0.25) is 0 Å². The SMILES string of the molecule is COc1cc(/C=C/c2cc(OC)c(OC)cc2[N+](=O)[O-])c([N+](=O)[O-])cc1OC. The highest BCUT2D eigenvalue weighted by molar-refractivity contribution is 5.80. The number of hydrogen-bond donors (Lipinski definition) is 0. The molecule has 0 saturated carbocycles. The van der Waals surface area contributed by atoms with Gasteiger partial charge in [-0.1, -0.05) is 0 Å². The molecule has 0 bridgehead atoms. The number of ether oxygens (including phenoxy) is 4. The quantitative estimate of drug-likeness (QED) is 0.380. The molecule has 0 aliphatic carbocycles. The predicted molar refractivity (Wildman–Crippen MR) is 101 cm³/mol. The Kier molecular flexibility index (Phi) is 6.38. The summed E-state index contributed by atoms with van der Waals surface area (Å²) >= 11 is 0. The van der Waals surface area contributed by atoms with Crippen LogP contribution in [0.25, 0.3) is 12.2 Å². The molecule has 148 valence electrons. The fourth-order valence-corrected chi connectivity index (χ4v) is 2.53. The van der Waals surface area contributed by atoms with Gasteiger partial charge in [-0.2, -0.15) is 0 Å². The summed E-state index contributed by atoms with van der Waals surface area (Å²) in [7, 11) is 5.53. The monoisotopic (exact) mass is 390 g/mol. The van der Waals surface area contributed by atoms with Crippen LogP contribution in [0, 0.1) is 20.2 Å². The van der Waals surface area contributed by atoms with Gasteiger partial charge < -0.3 is 18.9 Å². The second kappa shape index (κ2) is 8.71. The molecular weight excluding hydrogens is 372 g/mol. The number of benzene rings is 2. The Morgan fingerprint density at radius 2 is 0.929 bits per heavy atom. The fraction of sp³-hybridized carbons (Fsp3) is 0.222. The van der Waals surface area contributed by atoms with Gasteiger partial charge >= 0.3 is 0 Å². The van der Waals surface area contributed by atoms with E-state index in [0.717, 1.165) is 0 Å². The zero-order valence-corrected chi connectivity index (χ0v) is 15.6. The second-order valence-electron chi connectivity index (χ2n) is 5.38. The fourth-order valence-electron chi connectivity index (χ4n) is 2.53. The predicted octanol–water partition coefficient (Wildman–Crippen LogP) is 3.71. The first kappa shape index (κ1) is 20.5. The van der Waals surface area contributed by atoms with Gasteiger partial charge in [-0.15, -0.1) is 0 Å². The number of nitrogens with zero attached hydrogens (tertiary/aromatic N) is 2. The van der Waals surface area contributed by atoms with Crippen molar-refractivity contribution in [2.24, 2.45) is 0 Å². The van der Waals surface area contributed by atoms with Gasteiger partial charge in [0.25, 0.3) is 11.4 Å². The van der Waals surface area contributed by atoms with E-state index in [-0.39, 0.29) is 45.5 Å². The minimum absolute atomic E-state index is 0.187. The van der Waals surface area contributed by atoms with Crippen molar-refractivity contribution in [1.82, 2.24) is 0 Å². The van der Waals surface area contributed by atoms with Crippen molar-refractivity contribution in [1.29, 1.82) is 0 Å². The molecule has 0 saturated heterocycles. The van der Waals surface area contributed by atoms with Gasteiger partial charge in [0, 0.05) is 0 Å². The summed E-state index contributed by atoms with van der Waals surface area (Å²) in [4.78, 5) is 21.6. The first-order chi connectivity index (χ1) is 13.4. The molecule has 28 heavy (non-hydrogen) atoms. The number of nitro groups is 2. The van der Waals surface area contributed by atoms with Crippen LogP contribution in [0.3, 0.4) is 0 Å². The Morgan fingerprint density at radius 1 is 0.643 bits per heavy atom. The van der Waals surface area contributed by atoms with E-state index < -0.39 is 9.85 Å². The molecule has 0 aromatic heterocycles. The van der Waals surface area contributed by atoms with E-state index in [1.165, 1.54) is 64.9 Å². The van der Waals surface area contributed by atoms with E-state index in [9.17, 15) is 20.2 Å². The van der Waals surface area contributed by atoms with E-state index in [1.54, 1.807) is 0 Å². The molecular formula is C18H18N2O8. The normalized spacial score (nSPS) is 10.6. The molecule has 2 aromatic carbocycles. The zero-order chi connectivity index (χ0) is 20.8. The molecule has 0 aliphatic heterocycles. The maximum absolute atomic E-state index is 11.4. The highest BCUT2D eigenvalue weighted by Gasteiger charge is 2.20. The molecule has 0 unspecified atom stereocenters. The van der Waals surface area contributed by atoms with Crippen LogP contribution in [-0.4, -0.2) is 38.3 Å². The standard InChI is InChI=1S/C18H18N2O8/c1-25-15-7-11(13(19(21)22)9-17(15)27-3)5-6-12-8-16(26-2)18(28-4)10-14(12)20(23)24/h5-10H,1-4H3/b6-5+. The van der Waals surface area contributed by atoms with Crippen LogP contribution in [0.4, 0.5) is 11.4 Å². The van der Waals surface area contributed by atoms with E-state index >= 15 is 0 Å². The smallest absolute Gasteiger partial charge is 0.280 e. The van der Waals surface area contributed by atoms with Gasteiger partial charge in [0.1, 0.15) is 0 Å². The van der Waals surface area contributed by atoms with E-state index in [1.807, 2.05) is 0 Å². The molecule has 0 fully saturated rings. The number of methoxy groups -OCH3 is 4. The summed E-state index contributed by atoms with van der Waals surface area (Å²) < 4.78 is 20.5. The van der Waals surface area contributed by atoms with Crippen LogP contribution in [0.15, 0.2) is 24.3 Å². The average Bonchev–Trinajstić information content (AvgIpc) is 2.70. The molecule has 0 spiro atoms. The molecule has 10 nitrogen and oxygen atoms in total. The Bertz CT molecular complexity index is 864. The lowest BCUT2D eigenvalue weighted by Crippen LogP contribution is -1.97. The molecule has 2 rings (SSSR count). The van der Waals surface area contributed by atoms with E-state index in [0.29, 0.717) is 0 Å². The molecule has 0 aliphatic rings. The summed E-state index contributed by atoms with van der Waals surface area (Å²) in [6, 6.07) is 5.28. The summed E-state index contributed by atoms with van der Waals surface area (Å²) in [5.74, 6) is 0.969. The van der Waals surface area contributed by atoms with Crippen molar-refractivity contribution in [3.63, 3.8) is 0 Å². The summed E-state index contributed by atoms with van der Waals surface area (Å²) in [6.45, 7) is 0. The molecule has 2 aromatic rings. The number of nitro benzene ring substituents is 2. The third-order valence-corrected chi connectivity index (χ3v) is 3.90. The van der Waals surface area contributed by atoms with Crippen LogP contribution >= 0.6 is 0 Å². The van der Waals surface area contributed by atoms with Gasteiger partial charge in [0.05, 0.1) is 61.5 Å². The molecule has 0 N–H and O–H groups in total. The minimum Gasteiger partial charge on any atom is -0.493 e. The van der Waals surface area contributed by atoms with E-state index in [4.69, 9.17) is 18.9 Å². The zero-order valence-electron chi connectivity index (χ0n) is 15.6. The topological polar surface area (TPSA) is 123 Å². The maximum atomic E-state index is 11.4. The molecule has 10 heteroatoms. The Morgan fingerprint density at radius 3 is 1.18 bits per heavy atom. The third-order valence-electron chi connectivity index (χ3n) is 3.90.